The van der Waals surface area contributed by atoms with E-state index in [1.165, 1.54) is 5.56 Å². The van der Waals surface area contributed by atoms with Crippen LogP contribution in [0.2, 0.25) is 0 Å². The van der Waals surface area contributed by atoms with Gasteiger partial charge in [-0.1, -0.05) is 12.1 Å². The third-order valence-electron chi connectivity index (χ3n) is 4.37. The highest BCUT2D eigenvalue weighted by Crippen LogP contribution is 2.22. The van der Waals surface area contributed by atoms with E-state index in [9.17, 15) is 4.79 Å². The average molecular weight is 354 g/mol. The number of aryl methyl sites for hydroxylation is 2. The van der Waals surface area contributed by atoms with Crippen molar-refractivity contribution in [3.05, 3.63) is 58.7 Å². The van der Waals surface area contributed by atoms with Crippen LogP contribution in [0.1, 0.15) is 39.2 Å². The highest BCUT2D eigenvalue weighted by molar-refractivity contribution is 5.94. The predicted octanol–water partition coefficient (Wildman–Crippen LogP) is 2.37. The predicted molar refractivity (Wildman–Crippen MR) is 99.9 cm³/mol. The molecular weight excluding hydrogens is 328 g/mol. The second kappa shape index (κ2) is 7.93. The maximum Gasteiger partial charge on any atom is 0.254 e. The van der Waals surface area contributed by atoms with Crippen molar-refractivity contribution in [1.29, 1.82) is 0 Å². The van der Waals surface area contributed by atoms with Crippen LogP contribution in [0.5, 0.6) is 0 Å². The molecule has 1 amide bonds. The van der Waals surface area contributed by atoms with E-state index in [-0.39, 0.29) is 12.0 Å². The van der Waals surface area contributed by atoms with E-state index in [0.717, 1.165) is 23.8 Å². The number of hydrogen-bond acceptors (Lipinski definition) is 5. The Balaban J connectivity index is 1.71. The Morgan fingerprint density at radius 1 is 1.23 bits per heavy atom. The molecule has 0 aliphatic carbocycles. The van der Waals surface area contributed by atoms with Crippen molar-refractivity contribution in [2.75, 3.05) is 33.8 Å². The van der Waals surface area contributed by atoms with Gasteiger partial charge in [0, 0.05) is 24.3 Å². The number of ether oxygens (including phenoxy) is 1. The van der Waals surface area contributed by atoms with Crippen LogP contribution in [0.3, 0.4) is 0 Å². The molecule has 1 saturated heterocycles. The molecule has 1 aliphatic rings. The number of aromatic nitrogens is 2. The van der Waals surface area contributed by atoms with Crippen molar-refractivity contribution < 1.29 is 9.53 Å². The van der Waals surface area contributed by atoms with Gasteiger partial charge in [0.2, 0.25) is 0 Å². The molecule has 0 saturated carbocycles. The molecule has 26 heavy (non-hydrogen) atoms. The molecule has 0 bridgehead atoms. The summed E-state index contributed by atoms with van der Waals surface area (Å²) in [5.74, 6) is 0.765. The molecule has 6 nitrogen and oxygen atoms in total. The Kier molecular flexibility index (Phi) is 5.64. The molecule has 0 radical (unpaired) electrons. The summed E-state index contributed by atoms with van der Waals surface area (Å²) in [5, 5.41) is 0. The molecule has 1 unspecified atom stereocenters. The van der Waals surface area contributed by atoms with Crippen molar-refractivity contribution in [3.8, 4) is 0 Å². The first-order valence-corrected chi connectivity index (χ1v) is 8.89. The van der Waals surface area contributed by atoms with Gasteiger partial charge in [-0.15, -0.1) is 0 Å². The SMILES string of the molecule is Cc1cc(C2CN(C(=O)c3ccc(CN(C)C)cc3)CCO2)nc(C)n1. The van der Waals surface area contributed by atoms with Crippen LogP contribution >= 0.6 is 0 Å². The molecular formula is C20H26N4O2. The minimum Gasteiger partial charge on any atom is -0.368 e. The lowest BCUT2D eigenvalue weighted by Crippen LogP contribution is -2.42. The highest BCUT2D eigenvalue weighted by atomic mass is 16.5. The van der Waals surface area contributed by atoms with Crippen molar-refractivity contribution in [3.63, 3.8) is 0 Å². The smallest absolute Gasteiger partial charge is 0.254 e. The van der Waals surface area contributed by atoms with Crippen LogP contribution in [0.25, 0.3) is 0 Å². The quantitative estimate of drug-likeness (QED) is 0.844. The summed E-state index contributed by atoms with van der Waals surface area (Å²) in [6, 6.07) is 9.78. The first kappa shape index (κ1) is 18.5. The molecule has 1 fully saturated rings. The molecule has 1 atom stereocenters. The van der Waals surface area contributed by atoms with Gasteiger partial charge >= 0.3 is 0 Å². The Labute approximate surface area is 154 Å². The summed E-state index contributed by atoms with van der Waals surface area (Å²) in [5.41, 5.74) is 3.66. The molecule has 2 heterocycles. The lowest BCUT2D eigenvalue weighted by atomic mass is 10.1. The van der Waals surface area contributed by atoms with Crippen LogP contribution < -0.4 is 0 Å². The third-order valence-corrected chi connectivity index (χ3v) is 4.37. The molecule has 0 N–H and O–H groups in total. The van der Waals surface area contributed by atoms with E-state index in [1.54, 1.807) is 0 Å². The Morgan fingerprint density at radius 3 is 2.62 bits per heavy atom. The van der Waals surface area contributed by atoms with Gasteiger partial charge in [0.25, 0.3) is 5.91 Å². The monoisotopic (exact) mass is 354 g/mol. The van der Waals surface area contributed by atoms with E-state index in [0.29, 0.717) is 25.3 Å². The Hall–Kier alpha value is -2.31. The fourth-order valence-corrected chi connectivity index (χ4v) is 3.22. The number of morpholine rings is 1. The zero-order valence-corrected chi connectivity index (χ0v) is 15.9. The number of nitrogens with zero attached hydrogens (tertiary/aromatic N) is 4. The van der Waals surface area contributed by atoms with Crippen molar-refractivity contribution in [2.24, 2.45) is 0 Å². The van der Waals surface area contributed by atoms with E-state index in [4.69, 9.17) is 4.74 Å². The second-order valence-corrected chi connectivity index (χ2v) is 7.03. The number of hydrogen-bond donors (Lipinski definition) is 0. The minimum absolute atomic E-state index is 0.0391. The maximum atomic E-state index is 12.9. The van der Waals surface area contributed by atoms with Gasteiger partial charge < -0.3 is 14.5 Å². The van der Waals surface area contributed by atoms with Gasteiger partial charge in [0.1, 0.15) is 11.9 Å². The highest BCUT2D eigenvalue weighted by Gasteiger charge is 2.27. The topological polar surface area (TPSA) is 58.6 Å². The summed E-state index contributed by atoms with van der Waals surface area (Å²) in [6.07, 6.45) is -0.207. The van der Waals surface area contributed by atoms with Gasteiger partial charge in [-0.3, -0.25) is 4.79 Å². The van der Waals surface area contributed by atoms with Gasteiger partial charge in [0.15, 0.2) is 0 Å². The van der Waals surface area contributed by atoms with E-state index in [2.05, 4.69) is 14.9 Å². The fourth-order valence-electron chi connectivity index (χ4n) is 3.22. The van der Waals surface area contributed by atoms with Crippen LogP contribution in [0, 0.1) is 13.8 Å². The van der Waals surface area contributed by atoms with Crippen LogP contribution in [0.4, 0.5) is 0 Å². The molecule has 1 aromatic carbocycles. The summed E-state index contributed by atoms with van der Waals surface area (Å²) in [4.78, 5) is 25.6. The number of amides is 1. The zero-order chi connectivity index (χ0) is 18.7. The first-order chi connectivity index (χ1) is 12.4. The first-order valence-electron chi connectivity index (χ1n) is 8.89. The third kappa shape index (κ3) is 4.45. The van der Waals surface area contributed by atoms with Crippen LogP contribution in [-0.2, 0) is 11.3 Å². The minimum atomic E-state index is -0.207. The molecule has 6 heteroatoms. The summed E-state index contributed by atoms with van der Waals surface area (Å²) < 4.78 is 5.86. The van der Waals surface area contributed by atoms with Gasteiger partial charge in [-0.05, 0) is 51.7 Å². The lowest BCUT2D eigenvalue weighted by Gasteiger charge is -2.33. The van der Waals surface area contributed by atoms with E-state index < -0.39 is 0 Å². The van der Waals surface area contributed by atoms with E-state index >= 15 is 0 Å². The van der Waals surface area contributed by atoms with Crippen molar-refractivity contribution in [1.82, 2.24) is 19.8 Å². The standard InChI is InChI=1S/C20H26N4O2/c1-14-11-18(22-15(2)21-14)19-13-24(9-10-26-19)20(25)17-7-5-16(6-8-17)12-23(3)4/h5-8,11,19H,9-10,12-13H2,1-4H3. The van der Waals surface area contributed by atoms with Crippen molar-refractivity contribution >= 4 is 5.91 Å². The largest absolute Gasteiger partial charge is 0.368 e. The number of rotatable bonds is 4. The molecule has 3 rings (SSSR count). The molecule has 1 aromatic heterocycles. The zero-order valence-electron chi connectivity index (χ0n) is 15.9. The fraction of sp³-hybridized carbons (Fsp3) is 0.450. The Morgan fingerprint density at radius 2 is 1.96 bits per heavy atom. The number of benzene rings is 1. The number of carbonyl (C=O) groups is 1. The van der Waals surface area contributed by atoms with Crippen LogP contribution in [-0.4, -0.2) is 59.5 Å². The normalized spacial score (nSPS) is 17.6. The molecule has 1 aliphatic heterocycles. The average Bonchev–Trinajstić information content (AvgIpc) is 2.60. The van der Waals surface area contributed by atoms with Crippen molar-refractivity contribution in [2.45, 2.75) is 26.5 Å². The summed E-state index contributed by atoms with van der Waals surface area (Å²) in [7, 11) is 4.06. The lowest BCUT2D eigenvalue weighted by molar-refractivity contribution is -0.0248. The molecule has 138 valence electrons. The number of carbonyl (C=O) groups excluding carboxylic acids is 1. The molecule has 0 spiro atoms. The van der Waals surface area contributed by atoms with Gasteiger partial charge in [0.05, 0.1) is 18.8 Å². The van der Waals surface area contributed by atoms with Crippen LogP contribution in [0.15, 0.2) is 30.3 Å². The maximum absolute atomic E-state index is 12.9. The molecule has 2 aromatic rings. The second-order valence-electron chi connectivity index (χ2n) is 7.03. The summed E-state index contributed by atoms with van der Waals surface area (Å²) in [6.45, 7) is 6.29. The Bertz CT molecular complexity index is 754. The van der Waals surface area contributed by atoms with Gasteiger partial charge in [-0.2, -0.15) is 0 Å². The van der Waals surface area contributed by atoms with Gasteiger partial charge in [-0.25, -0.2) is 9.97 Å². The summed E-state index contributed by atoms with van der Waals surface area (Å²) >= 11 is 0. The van der Waals surface area contributed by atoms with E-state index in [1.807, 2.05) is 63.2 Å².